The summed E-state index contributed by atoms with van der Waals surface area (Å²) in [6, 6.07) is 12.6. The summed E-state index contributed by atoms with van der Waals surface area (Å²) < 4.78 is 30.2. The highest BCUT2D eigenvalue weighted by atomic mass is 19.1. The Labute approximate surface area is 331 Å². The van der Waals surface area contributed by atoms with Crippen LogP contribution in [0.3, 0.4) is 0 Å². The zero-order chi connectivity index (χ0) is 39.7. The van der Waals surface area contributed by atoms with Crippen molar-refractivity contribution in [3.8, 4) is 0 Å². The number of hydrogen-bond donors (Lipinski definition) is 3. The number of amides is 4. The van der Waals surface area contributed by atoms with E-state index in [-0.39, 0.29) is 29.7 Å². The Morgan fingerprint density at radius 3 is 2.49 bits per heavy atom. The maximum absolute atomic E-state index is 14.6. The van der Waals surface area contributed by atoms with Gasteiger partial charge in [-0.3, -0.25) is 29.4 Å². The van der Waals surface area contributed by atoms with Crippen molar-refractivity contribution in [2.45, 2.75) is 82.7 Å². The predicted octanol–water partition coefficient (Wildman–Crippen LogP) is 5.02. The largest absolute Gasteiger partial charge is 0.374 e. The number of fused-ring (bicyclic) bond motifs is 1. The third-order valence-electron chi connectivity index (χ3n) is 11.3. The van der Waals surface area contributed by atoms with E-state index in [1.54, 1.807) is 16.8 Å². The summed E-state index contributed by atoms with van der Waals surface area (Å²) in [4.78, 5) is 60.5. The SMILES string of the molecule is O=C1CCC(Nc2ccc(CCN3CCN(C(=O)CCCCCCCNC(=O)c4cnn5ccc(N6CCC[C@@H]6c6cc(F)ccc6F)nc45)CC3)cc2)C(=O)N1. The van der Waals surface area contributed by atoms with Crippen molar-refractivity contribution in [1.29, 1.82) is 0 Å². The van der Waals surface area contributed by atoms with Gasteiger partial charge in [-0.05, 0) is 80.5 Å². The number of nitrogens with zero attached hydrogens (tertiary/aromatic N) is 6. The van der Waals surface area contributed by atoms with Crippen molar-refractivity contribution in [1.82, 2.24) is 35.0 Å². The third-order valence-corrected chi connectivity index (χ3v) is 11.3. The Bertz CT molecular complexity index is 2050. The van der Waals surface area contributed by atoms with E-state index in [2.05, 4.69) is 38.1 Å². The van der Waals surface area contributed by atoms with Crippen molar-refractivity contribution >= 4 is 40.8 Å². The molecular weight excluding hydrogens is 733 g/mol. The van der Waals surface area contributed by atoms with E-state index in [4.69, 9.17) is 4.98 Å². The van der Waals surface area contributed by atoms with E-state index in [0.717, 1.165) is 95.5 Å². The molecule has 57 heavy (non-hydrogen) atoms. The highest BCUT2D eigenvalue weighted by molar-refractivity contribution is 6.01. The smallest absolute Gasteiger partial charge is 0.256 e. The second-order valence-corrected chi connectivity index (χ2v) is 15.2. The number of nitrogens with one attached hydrogen (secondary N) is 3. The molecule has 2 aromatic heterocycles. The lowest BCUT2D eigenvalue weighted by Crippen LogP contribution is -2.49. The topological polar surface area (TPSA) is 144 Å². The molecule has 0 aliphatic carbocycles. The van der Waals surface area contributed by atoms with Crippen molar-refractivity contribution in [2.75, 3.05) is 56.0 Å². The quantitative estimate of drug-likeness (QED) is 0.105. The van der Waals surface area contributed by atoms with Gasteiger partial charge in [0.2, 0.25) is 17.7 Å². The number of aromatic nitrogens is 3. The molecule has 5 heterocycles. The molecule has 1 unspecified atom stereocenters. The molecule has 7 rings (SSSR count). The summed E-state index contributed by atoms with van der Waals surface area (Å²) in [5, 5.41) is 12.9. The van der Waals surface area contributed by atoms with Crippen LogP contribution in [0.25, 0.3) is 5.65 Å². The van der Waals surface area contributed by atoms with E-state index < -0.39 is 17.7 Å². The summed E-state index contributed by atoms with van der Waals surface area (Å²) in [7, 11) is 0. The minimum atomic E-state index is -0.481. The average molecular weight is 784 g/mol. The molecule has 4 aromatic rings. The summed E-state index contributed by atoms with van der Waals surface area (Å²) in [5.74, 6) is -0.889. The van der Waals surface area contributed by atoms with E-state index in [1.165, 1.54) is 17.8 Å². The zero-order valence-electron chi connectivity index (χ0n) is 32.2. The van der Waals surface area contributed by atoms with Crippen LogP contribution >= 0.6 is 0 Å². The maximum Gasteiger partial charge on any atom is 0.256 e. The fourth-order valence-electron chi connectivity index (χ4n) is 8.01. The van der Waals surface area contributed by atoms with Crippen LogP contribution in [0, 0.1) is 11.6 Å². The molecule has 3 saturated heterocycles. The number of anilines is 2. The number of piperidine rings is 1. The van der Waals surface area contributed by atoms with Gasteiger partial charge in [0.15, 0.2) is 5.65 Å². The predicted molar refractivity (Wildman–Crippen MR) is 212 cm³/mol. The molecule has 302 valence electrons. The van der Waals surface area contributed by atoms with Gasteiger partial charge < -0.3 is 20.4 Å². The highest BCUT2D eigenvalue weighted by Gasteiger charge is 2.31. The van der Waals surface area contributed by atoms with Gasteiger partial charge in [-0.1, -0.05) is 31.4 Å². The normalized spacial score (nSPS) is 18.9. The first kappa shape index (κ1) is 39.8. The molecule has 15 heteroatoms. The van der Waals surface area contributed by atoms with Crippen LogP contribution in [0.5, 0.6) is 0 Å². The molecule has 3 aliphatic heterocycles. The molecule has 4 amide bonds. The molecule has 0 spiro atoms. The number of carbonyl (C=O) groups is 4. The van der Waals surface area contributed by atoms with Gasteiger partial charge in [-0.15, -0.1) is 0 Å². The lowest BCUT2D eigenvalue weighted by atomic mass is 10.0. The van der Waals surface area contributed by atoms with Crippen molar-refractivity contribution in [2.24, 2.45) is 0 Å². The molecule has 3 N–H and O–H groups in total. The van der Waals surface area contributed by atoms with E-state index in [1.807, 2.05) is 21.9 Å². The first-order valence-electron chi connectivity index (χ1n) is 20.3. The van der Waals surface area contributed by atoms with Gasteiger partial charge >= 0.3 is 0 Å². The van der Waals surface area contributed by atoms with Crippen LogP contribution in [0.4, 0.5) is 20.3 Å². The molecule has 3 aliphatic rings. The van der Waals surface area contributed by atoms with Crippen LogP contribution < -0.4 is 20.9 Å². The Balaban J connectivity index is 0.755. The number of imide groups is 1. The summed E-state index contributed by atoms with van der Waals surface area (Å²) in [6.45, 7) is 5.27. The van der Waals surface area contributed by atoms with Crippen LogP contribution in [0.2, 0.25) is 0 Å². The number of halogens is 2. The van der Waals surface area contributed by atoms with E-state index >= 15 is 0 Å². The third kappa shape index (κ3) is 10.1. The standard InChI is InChI=1S/C42H51F2N9O4/c43-30-11-14-34(44)32(27-30)36-7-6-20-52(36)37-18-22-53-40(48-37)33(28-46-53)41(56)45-19-5-3-1-2-4-8-39(55)51-25-23-50(24-26-51)21-17-29-9-12-31(13-10-29)47-35-15-16-38(54)49-42(35)57/h9-14,18,22,27-28,35-36,47H,1-8,15-17,19-21,23-26H2,(H,45,56)(H,49,54,57)/t35?,36-/m1/s1. The number of benzene rings is 2. The molecule has 2 aromatic carbocycles. The molecule has 2 atom stereocenters. The highest BCUT2D eigenvalue weighted by Crippen LogP contribution is 2.37. The van der Waals surface area contributed by atoms with Crippen LogP contribution in [-0.2, 0) is 20.8 Å². The molecular formula is C42H51F2N9O4. The molecule has 0 radical (unpaired) electrons. The van der Waals surface area contributed by atoms with Crippen LogP contribution in [-0.4, -0.2) is 99.9 Å². The second-order valence-electron chi connectivity index (χ2n) is 15.2. The van der Waals surface area contributed by atoms with Crippen molar-refractivity contribution in [3.05, 3.63) is 89.2 Å². The monoisotopic (exact) mass is 783 g/mol. The Hall–Kier alpha value is -5.44. The lowest BCUT2D eigenvalue weighted by molar-refractivity contribution is -0.134. The Morgan fingerprint density at radius 2 is 1.68 bits per heavy atom. The summed E-state index contributed by atoms with van der Waals surface area (Å²) in [5.41, 5.74) is 3.14. The molecule has 0 saturated carbocycles. The fourth-order valence-corrected chi connectivity index (χ4v) is 8.01. The Morgan fingerprint density at radius 1 is 0.895 bits per heavy atom. The second kappa shape index (κ2) is 18.7. The van der Waals surface area contributed by atoms with Gasteiger partial charge in [0.25, 0.3) is 5.91 Å². The molecule has 0 bridgehead atoms. The van der Waals surface area contributed by atoms with E-state index in [0.29, 0.717) is 61.4 Å². The number of hydrogen-bond acceptors (Lipinski definition) is 9. The first-order valence-corrected chi connectivity index (χ1v) is 20.3. The number of piperazine rings is 1. The van der Waals surface area contributed by atoms with Gasteiger partial charge in [0.1, 0.15) is 29.1 Å². The molecule has 3 fully saturated rings. The number of carbonyl (C=O) groups excluding carboxylic acids is 4. The van der Waals surface area contributed by atoms with E-state index in [9.17, 15) is 28.0 Å². The van der Waals surface area contributed by atoms with Crippen molar-refractivity contribution in [3.63, 3.8) is 0 Å². The Kier molecular flexibility index (Phi) is 13.0. The number of unbranched alkanes of at least 4 members (excludes halogenated alkanes) is 4. The minimum absolute atomic E-state index is 0.215. The van der Waals surface area contributed by atoms with Gasteiger partial charge in [0.05, 0.1) is 12.2 Å². The summed E-state index contributed by atoms with van der Waals surface area (Å²) >= 11 is 0. The van der Waals surface area contributed by atoms with Crippen LogP contribution in [0.1, 0.15) is 91.7 Å². The lowest BCUT2D eigenvalue weighted by Gasteiger charge is -2.34. The van der Waals surface area contributed by atoms with Gasteiger partial charge in [-0.25, -0.2) is 18.3 Å². The summed E-state index contributed by atoms with van der Waals surface area (Å²) in [6.07, 6.45) is 11.5. The van der Waals surface area contributed by atoms with Gasteiger partial charge in [0, 0.05) is 76.1 Å². The molecule has 13 nitrogen and oxygen atoms in total. The first-order chi connectivity index (χ1) is 27.7. The number of rotatable bonds is 16. The zero-order valence-corrected chi connectivity index (χ0v) is 32.2. The van der Waals surface area contributed by atoms with Crippen LogP contribution in [0.15, 0.2) is 60.9 Å². The fraction of sp³-hybridized carbons (Fsp3) is 0.476. The maximum atomic E-state index is 14.6. The minimum Gasteiger partial charge on any atom is -0.374 e. The average Bonchev–Trinajstić information content (AvgIpc) is 3.88. The van der Waals surface area contributed by atoms with Crippen molar-refractivity contribution < 1.29 is 28.0 Å². The van der Waals surface area contributed by atoms with Gasteiger partial charge in [-0.2, -0.15) is 5.10 Å².